The molecule has 5 rings (SSSR count). The summed E-state index contributed by atoms with van der Waals surface area (Å²) in [5.41, 5.74) is 5.87. The van der Waals surface area contributed by atoms with E-state index in [4.69, 9.17) is 4.74 Å². The van der Waals surface area contributed by atoms with Crippen molar-refractivity contribution in [3.8, 4) is 16.9 Å². The monoisotopic (exact) mass is 473 g/mol. The SMILES string of the molecule is COc1cc(-c2cnn(C)c2)cc([C@@H](C)NC(=O)c2cc(N3CC4CN(C)CC4C3)ccc2C)c1. The van der Waals surface area contributed by atoms with Crippen LogP contribution in [0.4, 0.5) is 5.69 Å². The second-order valence-electron chi connectivity index (χ2n) is 10.2. The number of likely N-dealkylation sites (tertiary alicyclic amines) is 1. The zero-order chi connectivity index (χ0) is 24.7. The van der Waals surface area contributed by atoms with Gasteiger partial charge in [0.05, 0.1) is 19.3 Å². The van der Waals surface area contributed by atoms with Crippen LogP contribution in [0.25, 0.3) is 11.1 Å². The third-order valence-electron chi connectivity index (χ3n) is 7.55. The number of nitrogens with zero attached hydrogens (tertiary/aromatic N) is 4. The van der Waals surface area contributed by atoms with Crippen molar-refractivity contribution in [2.24, 2.45) is 18.9 Å². The Labute approximate surface area is 207 Å². The maximum atomic E-state index is 13.4. The van der Waals surface area contributed by atoms with Crippen LogP contribution >= 0.6 is 0 Å². The molecule has 2 fully saturated rings. The van der Waals surface area contributed by atoms with Crippen LogP contribution in [0, 0.1) is 18.8 Å². The van der Waals surface area contributed by atoms with E-state index in [-0.39, 0.29) is 11.9 Å². The molecule has 7 heteroatoms. The molecule has 1 N–H and O–H groups in total. The first-order valence-electron chi connectivity index (χ1n) is 12.3. The number of hydrogen-bond donors (Lipinski definition) is 1. The number of carbonyl (C=O) groups is 1. The number of rotatable bonds is 6. The lowest BCUT2D eigenvalue weighted by Gasteiger charge is -2.23. The van der Waals surface area contributed by atoms with E-state index in [1.54, 1.807) is 11.8 Å². The van der Waals surface area contributed by atoms with Crippen molar-refractivity contribution in [3.05, 3.63) is 65.5 Å². The fraction of sp³-hybridized carbons (Fsp3) is 0.429. The largest absolute Gasteiger partial charge is 0.497 e. The van der Waals surface area contributed by atoms with Gasteiger partial charge < -0.3 is 19.9 Å². The smallest absolute Gasteiger partial charge is 0.252 e. The van der Waals surface area contributed by atoms with E-state index >= 15 is 0 Å². The summed E-state index contributed by atoms with van der Waals surface area (Å²) in [6, 6.07) is 12.2. The number of hydrogen-bond acceptors (Lipinski definition) is 5. The molecule has 7 nitrogen and oxygen atoms in total. The molecule has 2 aliphatic heterocycles. The number of ether oxygens (including phenoxy) is 1. The number of aryl methyl sites for hydroxylation is 2. The summed E-state index contributed by atoms with van der Waals surface area (Å²) >= 11 is 0. The molecular weight excluding hydrogens is 438 g/mol. The van der Waals surface area contributed by atoms with Gasteiger partial charge in [-0.3, -0.25) is 9.48 Å². The van der Waals surface area contributed by atoms with Gasteiger partial charge in [0.2, 0.25) is 0 Å². The summed E-state index contributed by atoms with van der Waals surface area (Å²) in [6.07, 6.45) is 3.81. The third-order valence-corrected chi connectivity index (χ3v) is 7.55. The minimum Gasteiger partial charge on any atom is -0.497 e. The van der Waals surface area contributed by atoms with Gasteiger partial charge in [0.15, 0.2) is 0 Å². The van der Waals surface area contributed by atoms with Crippen LogP contribution in [0.5, 0.6) is 5.75 Å². The minimum absolute atomic E-state index is 0.0540. The van der Waals surface area contributed by atoms with Crippen molar-refractivity contribution >= 4 is 11.6 Å². The van der Waals surface area contributed by atoms with Crippen molar-refractivity contribution in [2.45, 2.75) is 19.9 Å². The fourth-order valence-electron chi connectivity index (χ4n) is 5.57. The Morgan fingerprint density at radius 2 is 1.80 bits per heavy atom. The fourth-order valence-corrected chi connectivity index (χ4v) is 5.57. The number of amides is 1. The lowest BCUT2D eigenvalue weighted by atomic mass is 10.0. The molecule has 0 bridgehead atoms. The highest BCUT2D eigenvalue weighted by Gasteiger charge is 2.38. The lowest BCUT2D eigenvalue weighted by Crippen LogP contribution is -2.29. The molecule has 2 unspecified atom stereocenters. The van der Waals surface area contributed by atoms with Crippen molar-refractivity contribution in [2.75, 3.05) is 45.2 Å². The number of methoxy groups -OCH3 is 1. The molecule has 1 aromatic heterocycles. The Bertz CT molecular complexity index is 1220. The average molecular weight is 474 g/mol. The molecule has 1 amide bonds. The van der Waals surface area contributed by atoms with Gasteiger partial charge in [0.1, 0.15) is 5.75 Å². The van der Waals surface area contributed by atoms with Crippen molar-refractivity contribution in [1.29, 1.82) is 0 Å². The highest BCUT2D eigenvalue weighted by molar-refractivity contribution is 5.97. The summed E-state index contributed by atoms with van der Waals surface area (Å²) in [6.45, 7) is 8.48. The third kappa shape index (κ3) is 4.78. The summed E-state index contributed by atoms with van der Waals surface area (Å²) in [5, 5.41) is 7.49. The number of anilines is 1. The van der Waals surface area contributed by atoms with E-state index in [1.807, 2.05) is 45.4 Å². The van der Waals surface area contributed by atoms with E-state index in [0.717, 1.165) is 64.2 Å². The van der Waals surface area contributed by atoms with E-state index in [1.165, 1.54) is 13.1 Å². The molecule has 0 aliphatic carbocycles. The van der Waals surface area contributed by atoms with Gasteiger partial charge in [0, 0.05) is 56.2 Å². The van der Waals surface area contributed by atoms with Gasteiger partial charge in [0.25, 0.3) is 5.91 Å². The minimum atomic E-state index is -0.183. The Hall–Kier alpha value is -3.32. The first-order valence-corrected chi connectivity index (χ1v) is 12.3. The molecule has 0 spiro atoms. The van der Waals surface area contributed by atoms with E-state index in [9.17, 15) is 4.79 Å². The van der Waals surface area contributed by atoms with Crippen molar-refractivity contribution in [3.63, 3.8) is 0 Å². The van der Waals surface area contributed by atoms with Crippen LogP contribution in [-0.2, 0) is 7.05 Å². The maximum absolute atomic E-state index is 13.4. The van der Waals surface area contributed by atoms with Gasteiger partial charge >= 0.3 is 0 Å². The summed E-state index contributed by atoms with van der Waals surface area (Å²) in [4.78, 5) is 18.3. The van der Waals surface area contributed by atoms with E-state index < -0.39 is 0 Å². The number of carbonyl (C=O) groups excluding carboxylic acids is 1. The van der Waals surface area contributed by atoms with Crippen LogP contribution < -0.4 is 15.0 Å². The molecule has 0 saturated carbocycles. The molecular formula is C28H35N5O2. The van der Waals surface area contributed by atoms with Gasteiger partial charge in [-0.2, -0.15) is 5.10 Å². The highest BCUT2D eigenvalue weighted by atomic mass is 16.5. The van der Waals surface area contributed by atoms with E-state index in [2.05, 4.69) is 51.5 Å². The number of aromatic nitrogens is 2. The second kappa shape index (κ2) is 9.38. The van der Waals surface area contributed by atoms with Crippen LogP contribution in [0.3, 0.4) is 0 Å². The van der Waals surface area contributed by atoms with Gasteiger partial charge in [-0.15, -0.1) is 0 Å². The first-order chi connectivity index (χ1) is 16.8. The Kier molecular flexibility index (Phi) is 6.28. The molecule has 35 heavy (non-hydrogen) atoms. The Morgan fingerprint density at radius 3 is 2.46 bits per heavy atom. The highest BCUT2D eigenvalue weighted by Crippen LogP contribution is 2.34. The lowest BCUT2D eigenvalue weighted by molar-refractivity contribution is 0.0939. The van der Waals surface area contributed by atoms with Crippen LogP contribution in [0.1, 0.15) is 34.5 Å². The Balaban J connectivity index is 1.34. The molecule has 3 aromatic rings. The van der Waals surface area contributed by atoms with Gasteiger partial charge in [-0.25, -0.2) is 0 Å². The number of benzene rings is 2. The first kappa shape index (κ1) is 23.4. The molecule has 2 aromatic carbocycles. The van der Waals surface area contributed by atoms with Crippen LogP contribution in [0.15, 0.2) is 48.8 Å². The Morgan fingerprint density at radius 1 is 1.06 bits per heavy atom. The normalized spacial score (nSPS) is 20.7. The van der Waals surface area contributed by atoms with Crippen molar-refractivity contribution in [1.82, 2.24) is 20.0 Å². The maximum Gasteiger partial charge on any atom is 0.252 e. The predicted molar refractivity (Wildman–Crippen MR) is 139 cm³/mol. The second-order valence-corrected chi connectivity index (χ2v) is 10.2. The summed E-state index contributed by atoms with van der Waals surface area (Å²) in [7, 11) is 5.77. The standard InChI is InChI=1S/C28H35N5O2/c1-18-6-7-25(33-16-23-13-31(3)14-24(23)17-33)11-27(18)28(34)30-19(2)20-8-21(10-26(9-20)35-5)22-12-29-32(4)15-22/h6-12,15,19,23-24H,13-14,16-17H2,1-5H3,(H,30,34)/t19-,23?,24?/m1/s1. The van der Waals surface area contributed by atoms with Crippen molar-refractivity contribution < 1.29 is 9.53 Å². The molecule has 2 aliphatic rings. The molecule has 0 radical (unpaired) electrons. The average Bonchev–Trinajstić information content (AvgIpc) is 3.53. The predicted octanol–water partition coefficient (Wildman–Crippen LogP) is 3.89. The number of fused-ring (bicyclic) bond motifs is 1. The quantitative estimate of drug-likeness (QED) is 0.589. The van der Waals surface area contributed by atoms with Crippen LogP contribution in [0.2, 0.25) is 0 Å². The zero-order valence-electron chi connectivity index (χ0n) is 21.3. The summed E-state index contributed by atoms with van der Waals surface area (Å²) in [5.74, 6) is 2.15. The van der Waals surface area contributed by atoms with E-state index in [0.29, 0.717) is 0 Å². The zero-order valence-corrected chi connectivity index (χ0v) is 21.3. The van der Waals surface area contributed by atoms with Gasteiger partial charge in [-0.1, -0.05) is 6.07 Å². The van der Waals surface area contributed by atoms with Gasteiger partial charge in [-0.05, 0) is 79.8 Å². The summed E-state index contributed by atoms with van der Waals surface area (Å²) < 4.78 is 7.32. The number of nitrogens with one attached hydrogen (secondary N) is 1. The molecule has 2 saturated heterocycles. The topological polar surface area (TPSA) is 62.6 Å². The molecule has 184 valence electrons. The molecule has 3 heterocycles. The molecule has 3 atom stereocenters. The van der Waals surface area contributed by atoms with Crippen LogP contribution in [-0.4, -0.2) is 60.9 Å².